The van der Waals surface area contributed by atoms with Gasteiger partial charge >= 0.3 is 0 Å². The van der Waals surface area contributed by atoms with Crippen LogP contribution in [0.1, 0.15) is 24.0 Å². The van der Waals surface area contributed by atoms with Gasteiger partial charge in [0.15, 0.2) is 0 Å². The summed E-state index contributed by atoms with van der Waals surface area (Å²) in [7, 11) is 0. The Morgan fingerprint density at radius 1 is 1.44 bits per heavy atom. The van der Waals surface area contributed by atoms with Crippen molar-refractivity contribution in [3.8, 4) is 0 Å². The van der Waals surface area contributed by atoms with E-state index in [1.165, 1.54) is 6.07 Å². The van der Waals surface area contributed by atoms with Crippen molar-refractivity contribution in [1.82, 2.24) is 9.97 Å². The normalized spacial score (nSPS) is 10.6. The van der Waals surface area contributed by atoms with Crippen molar-refractivity contribution in [2.75, 3.05) is 0 Å². The molecule has 0 saturated carbocycles. The average Bonchev–Trinajstić information content (AvgIpc) is 2.33. The van der Waals surface area contributed by atoms with Crippen LogP contribution in [0, 0.1) is 10.5 Å². The van der Waals surface area contributed by atoms with Gasteiger partial charge in [0.05, 0.1) is 0 Å². The van der Waals surface area contributed by atoms with Crippen LogP contribution in [-0.2, 0) is 12.8 Å². The fourth-order valence-corrected chi connectivity index (χ4v) is 2.19. The van der Waals surface area contributed by atoms with Crippen molar-refractivity contribution in [2.24, 2.45) is 0 Å². The lowest BCUT2D eigenvalue weighted by Crippen LogP contribution is -2.02. The first-order valence-corrected chi connectivity index (χ1v) is 6.40. The van der Waals surface area contributed by atoms with Gasteiger partial charge in [-0.25, -0.2) is 9.37 Å². The van der Waals surface area contributed by atoms with Gasteiger partial charge in [-0.1, -0.05) is 36.8 Å². The predicted octanol–water partition coefficient (Wildman–Crippen LogP) is 4.08. The number of hydrogen-bond acceptors (Lipinski definition) is 2. The highest BCUT2D eigenvalue weighted by molar-refractivity contribution is 7.71. The highest BCUT2D eigenvalue weighted by Crippen LogP contribution is 2.21. The van der Waals surface area contributed by atoms with Crippen LogP contribution in [0.15, 0.2) is 24.3 Å². The third kappa shape index (κ3) is 2.94. The van der Waals surface area contributed by atoms with Crippen LogP contribution in [0.2, 0.25) is 5.02 Å². The van der Waals surface area contributed by atoms with Crippen molar-refractivity contribution in [2.45, 2.75) is 19.8 Å². The minimum Gasteiger partial charge on any atom is -0.347 e. The Balaban J connectivity index is 2.40. The summed E-state index contributed by atoms with van der Waals surface area (Å²) in [4.78, 5) is 7.33. The molecular weight excluding hydrogens is 271 g/mol. The number of aromatic amines is 1. The number of nitrogens with zero attached hydrogens (tertiary/aromatic N) is 1. The second kappa shape index (κ2) is 5.59. The molecule has 18 heavy (non-hydrogen) atoms. The molecule has 0 aliphatic carbocycles. The van der Waals surface area contributed by atoms with E-state index in [2.05, 4.69) is 9.97 Å². The van der Waals surface area contributed by atoms with Gasteiger partial charge < -0.3 is 4.98 Å². The summed E-state index contributed by atoms with van der Waals surface area (Å²) < 4.78 is 14.2. The fourth-order valence-electron chi connectivity index (χ4n) is 1.71. The minimum absolute atomic E-state index is 0.309. The summed E-state index contributed by atoms with van der Waals surface area (Å²) in [6.07, 6.45) is 1.13. The molecular formula is C13H12ClFN2S. The van der Waals surface area contributed by atoms with E-state index in [0.29, 0.717) is 27.5 Å². The summed E-state index contributed by atoms with van der Waals surface area (Å²) in [6.45, 7) is 2.01. The zero-order valence-electron chi connectivity index (χ0n) is 9.84. The molecule has 0 bridgehead atoms. The zero-order chi connectivity index (χ0) is 13.1. The lowest BCUT2D eigenvalue weighted by molar-refractivity contribution is 0.612. The number of hydrogen-bond donors (Lipinski definition) is 1. The van der Waals surface area contributed by atoms with Gasteiger partial charge in [0.1, 0.15) is 16.3 Å². The van der Waals surface area contributed by atoms with Gasteiger partial charge in [0.2, 0.25) is 0 Å². The van der Waals surface area contributed by atoms with Crippen molar-refractivity contribution < 1.29 is 4.39 Å². The molecule has 1 aromatic carbocycles. The number of halogens is 2. The van der Waals surface area contributed by atoms with Crippen LogP contribution in [0.5, 0.6) is 0 Å². The van der Waals surface area contributed by atoms with Crippen molar-refractivity contribution in [3.05, 3.63) is 56.8 Å². The monoisotopic (exact) mass is 282 g/mol. The molecule has 94 valence electrons. The van der Waals surface area contributed by atoms with E-state index in [9.17, 15) is 4.39 Å². The second-order valence-corrected chi connectivity index (χ2v) is 4.75. The molecule has 2 aromatic rings. The number of aromatic nitrogens is 2. The van der Waals surface area contributed by atoms with E-state index < -0.39 is 0 Å². The van der Waals surface area contributed by atoms with Crippen LogP contribution in [0.3, 0.4) is 0 Å². The SMILES string of the molecule is CCc1cc(=S)nc(Cc2c(F)cccc2Cl)[nH]1. The summed E-state index contributed by atoms with van der Waals surface area (Å²) >= 11 is 11.1. The minimum atomic E-state index is -0.328. The van der Waals surface area contributed by atoms with Gasteiger partial charge in [-0.3, -0.25) is 0 Å². The van der Waals surface area contributed by atoms with E-state index in [4.69, 9.17) is 23.8 Å². The van der Waals surface area contributed by atoms with Crippen molar-refractivity contribution in [1.29, 1.82) is 0 Å². The Bertz CT molecular complexity index is 604. The third-order valence-electron chi connectivity index (χ3n) is 2.63. The topological polar surface area (TPSA) is 28.7 Å². The molecule has 1 heterocycles. The Morgan fingerprint density at radius 3 is 2.89 bits per heavy atom. The first-order valence-electron chi connectivity index (χ1n) is 5.62. The first kappa shape index (κ1) is 13.2. The molecule has 0 radical (unpaired) electrons. The molecule has 2 rings (SSSR count). The van der Waals surface area contributed by atoms with Gasteiger partial charge in [-0.05, 0) is 24.6 Å². The summed E-state index contributed by atoms with van der Waals surface area (Å²) in [5.74, 6) is 0.303. The molecule has 0 fully saturated rings. The van der Waals surface area contributed by atoms with E-state index in [-0.39, 0.29) is 5.82 Å². The number of benzene rings is 1. The maximum absolute atomic E-state index is 13.7. The van der Waals surface area contributed by atoms with Gasteiger partial charge in [0, 0.05) is 22.7 Å². The molecule has 1 aromatic heterocycles. The second-order valence-electron chi connectivity index (χ2n) is 3.92. The molecule has 0 amide bonds. The highest BCUT2D eigenvalue weighted by atomic mass is 35.5. The number of aryl methyl sites for hydroxylation is 1. The van der Waals surface area contributed by atoms with Crippen LogP contribution in [0.25, 0.3) is 0 Å². The molecule has 0 spiro atoms. The van der Waals surface area contributed by atoms with E-state index in [1.54, 1.807) is 12.1 Å². The quantitative estimate of drug-likeness (QED) is 0.859. The Kier molecular flexibility index (Phi) is 4.09. The predicted molar refractivity (Wildman–Crippen MR) is 73.0 cm³/mol. The fraction of sp³-hybridized carbons (Fsp3) is 0.231. The van der Waals surface area contributed by atoms with E-state index in [1.807, 2.05) is 13.0 Å². The smallest absolute Gasteiger partial charge is 0.130 e. The molecule has 0 aliphatic rings. The van der Waals surface area contributed by atoms with Crippen molar-refractivity contribution >= 4 is 23.8 Å². The largest absolute Gasteiger partial charge is 0.347 e. The molecule has 5 heteroatoms. The lowest BCUT2D eigenvalue weighted by Gasteiger charge is -2.07. The maximum Gasteiger partial charge on any atom is 0.130 e. The van der Waals surface area contributed by atoms with Crippen molar-refractivity contribution in [3.63, 3.8) is 0 Å². The lowest BCUT2D eigenvalue weighted by atomic mass is 10.1. The summed E-state index contributed by atoms with van der Waals surface area (Å²) in [5.41, 5.74) is 1.42. The number of rotatable bonds is 3. The first-order chi connectivity index (χ1) is 8.60. The molecule has 0 aliphatic heterocycles. The summed E-state index contributed by atoms with van der Waals surface area (Å²) in [5, 5.41) is 0.401. The van der Waals surface area contributed by atoms with Gasteiger partial charge in [-0.2, -0.15) is 0 Å². The number of H-pyrrole nitrogens is 1. The molecule has 0 saturated heterocycles. The Labute approximate surface area is 115 Å². The molecule has 0 atom stereocenters. The van der Waals surface area contributed by atoms with Gasteiger partial charge in [-0.15, -0.1) is 0 Å². The molecule has 1 N–H and O–H groups in total. The zero-order valence-corrected chi connectivity index (χ0v) is 11.4. The Morgan fingerprint density at radius 2 is 2.22 bits per heavy atom. The van der Waals surface area contributed by atoms with Gasteiger partial charge in [0.25, 0.3) is 0 Å². The van der Waals surface area contributed by atoms with Crippen LogP contribution >= 0.6 is 23.8 Å². The highest BCUT2D eigenvalue weighted by Gasteiger charge is 2.09. The Hall–Kier alpha value is -1.26. The van der Waals surface area contributed by atoms with E-state index >= 15 is 0 Å². The van der Waals surface area contributed by atoms with Crippen LogP contribution in [-0.4, -0.2) is 9.97 Å². The maximum atomic E-state index is 13.7. The third-order valence-corrected chi connectivity index (χ3v) is 3.20. The van der Waals surface area contributed by atoms with E-state index in [0.717, 1.165) is 12.1 Å². The molecule has 2 nitrogen and oxygen atoms in total. The summed E-state index contributed by atoms with van der Waals surface area (Å²) in [6, 6.07) is 6.44. The van der Waals surface area contributed by atoms with Crippen LogP contribution in [0.4, 0.5) is 4.39 Å². The van der Waals surface area contributed by atoms with Crippen LogP contribution < -0.4 is 0 Å². The molecule has 0 unspecified atom stereocenters. The standard InChI is InChI=1S/C13H12ClFN2S/c1-2-8-6-13(18)17-12(16-8)7-9-10(14)4-3-5-11(9)15/h3-6H,2,7H2,1H3,(H,16,17,18). The average molecular weight is 283 g/mol. The number of nitrogens with one attached hydrogen (secondary N) is 1.